The van der Waals surface area contributed by atoms with Gasteiger partial charge in [-0.25, -0.2) is 8.42 Å². The highest BCUT2D eigenvalue weighted by Crippen LogP contribution is 2.13. The molecular formula is C10H14N2O3S. The Labute approximate surface area is 94.7 Å². The Kier molecular flexibility index (Phi) is 3.54. The second-order valence-corrected chi connectivity index (χ2v) is 5.88. The van der Waals surface area contributed by atoms with Gasteiger partial charge in [0, 0.05) is 11.3 Å². The molecule has 88 valence electrons. The third kappa shape index (κ3) is 2.96. The highest BCUT2D eigenvalue weighted by molar-refractivity contribution is 7.93. The molecule has 0 bridgehead atoms. The lowest BCUT2D eigenvalue weighted by molar-refractivity contribution is 0.100. The summed E-state index contributed by atoms with van der Waals surface area (Å²) in [6.07, 6.45) is 0. The van der Waals surface area contributed by atoms with Crippen molar-refractivity contribution in [3.63, 3.8) is 0 Å². The summed E-state index contributed by atoms with van der Waals surface area (Å²) >= 11 is 0. The number of carbonyl (C=O) groups is 1. The fourth-order valence-corrected chi connectivity index (χ4v) is 1.71. The van der Waals surface area contributed by atoms with Crippen LogP contribution in [0.5, 0.6) is 0 Å². The highest BCUT2D eigenvalue weighted by atomic mass is 32.2. The van der Waals surface area contributed by atoms with E-state index in [0.717, 1.165) is 0 Å². The van der Waals surface area contributed by atoms with Gasteiger partial charge in [0.05, 0.1) is 5.25 Å². The first-order valence-electron chi connectivity index (χ1n) is 4.74. The SMILES string of the molecule is CC(C)S(=O)(=O)Nc1cccc(C(N)=O)c1. The zero-order valence-electron chi connectivity index (χ0n) is 9.10. The van der Waals surface area contributed by atoms with Crippen LogP contribution in [-0.2, 0) is 10.0 Å². The molecule has 1 amide bonds. The van der Waals surface area contributed by atoms with E-state index in [1.807, 2.05) is 0 Å². The van der Waals surface area contributed by atoms with Gasteiger partial charge in [-0.05, 0) is 32.0 Å². The van der Waals surface area contributed by atoms with Crippen LogP contribution in [0.1, 0.15) is 24.2 Å². The molecule has 0 radical (unpaired) electrons. The largest absolute Gasteiger partial charge is 0.366 e. The van der Waals surface area contributed by atoms with E-state index < -0.39 is 21.2 Å². The van der Waals surface area contributed by atoms with Crippen molar-refractivity contribution in [1.82, 2.24) is 0 Å². The van der Waals surface area contributed by atoms with Gasteiger partial charge < -0.3 is 5.73 Å². The first kappa shape index (κ1) is 12.5. The first-order chi connectivity index (χ1) is 7.33. The van der Waals surface area contributed by atoms with Crippen LogP contribution in [0.15, 0.2) is 24.3 Å². The van der Waals surface area contributed by atoms with E-state index in [-0.39, 0.29) is 5.56 Å². The van der Waals surface area contributed by atoms with Crippen molar-refractivity contribution in [1.29, 1.82) is 0 Å². The van der Waals surface area contributed by atoms with Gasteiger partial charge in [-0.3, -0.25) is 9.52 Å². The maximum Gasteiger partial charge on any atom is 0.248 e. The Morgan fingerprint density at radius 1 is 1.38 bits per heavy atom. The van der Waals surface area contributed by atoms with E-state index in [4.69, 9.17) is 5.73 Å². The molecule has 0 unspecified atom stereocenters. The van der Waals surface area contributed by atoms with Crippen molar-refractivity contribution in [2.24, 2.45) is 5.73 Å². The summed E-state index contributed by atoms with van der Waals surface area (Å²) in [6, 6.07) is 6.06. The fourth-order valence-electron chi connectivity index (χ4n) is 1.02. The Hall–Kier alpha value is -1.56. The Bertz CT molecular complexity index is 495. The molecule has 0 saturated heterocycles. The predicted molar refractivity (Wildman–Crippen MR) is 62.6 cm³/mol. The second kappa shape index (κ2) is 4.52. The summed E-state index contributed by atoms with van der Waals surface area (Å²) in [6.45, 7) is 3.14. The minimum atomic E-state index is -3.40. The first-order valence-corrected chi connectivity index (χ1v) is 6.29. The summed E-state index contributed by atoms with van der Waals surface area (Å²) in [5.41, 5.74) is 5.70. The van der Waals surface area contributed by atoms with E-state index in [0.29, 0.717) is 5.69 Å². The van der Waals surface area contributed by atoms with Gasteiger partial charge in [0.2, 0.25) is 15.9 Å². The molecule has 1 aromatic rings. The van der Waals surface area contributed by atoms with Crippen molar-refractivity contribution in [3.05, 3.63) is 29.8 Å². The van der Waals surface area contributed by atoms with Crippen LogP contribution in [0.2, 0.25) is 0 Å². The fraction of sp³-hybridized carbons (Fsp3) is 0.300. The smallest absolute Gasteiger partial charge is 0.248 e. The van der Waals surface area contributed by atoms with Crippen molar-refractivity contribution < 1.29 is 13.2 Å². The molecular weight excluding hydrogens is 228 g/mol. The van der Waals surface area contributed by atoms with E-state index in [1.165, 1.54) is 12.1 Å². The lowest BCUT2D eigenvalue weighted by Crippen LogP contribution is -2.22. The maximum absolute atomic E-state index is 11.6. The topological polar surface area (TPSA) is 89.3 Å². The van der Waals surface area contributed by atoms with Crippen LogP contribution in [0.3, 0.4) is 0 Å². The average Bonchev–Trinajstić information content (AvgIpc) is 2.17. The molecule has 0 aromatic heterocycles. The minimum absolute atomic E-state index is 0.268. The number of rotatable bonds is 4. The number of primary amides is 1. The van der Waals surface area contributed by atoms with Crippen molar-refractivity contribution in [2.75, 3.05) is 4.72 Å². The summed E-state index contributed by atoms with van der Waals surface area (Å²) in [4.78, 5) is 10.9. The number of nitrogens with two attached hydrogens (primary N) is 1. The summed E-state index contributed by atoms with van der Waals surface area (Å²) in [5, 5.41) is -0.537. The number of amides is 1. The van der Waals surface area contributed by atoms with E-state index in [2.05, 4.69) is 4.72 Å². The number of anilines is 1. The van der Waals surface area contributed by atoms with E-state index in [1.54, 1.807) is 26.0 Å². The van der Waals surface area contributed by atoms with Crippen LogP contribution in [0, 0.1) is 0 Å². The summed E-state index contributed by atoms with van der Waals surface area (Å²) in [7, 11) is -3.40. The van der Waals surface area contributed by atoms with Crippen molar-refractivity contribution in [3.8, 4) is 0 Å². The predicted octanol–water partition coefficient (Wildman–Crippen LogP) is 0.936. The van der Waals surface area contributed by atoms with Gasteiger partial charge in [-0.1, -0.05) is 6.07 Å². The van der Waals surface area contributed by atoms with Gasteiger partial charge >= 0.3 is 0 Å². The van der Waals surface area contributed by atoms with Crippen LogP contribution < -0.4 is 10.5 Å². The summed E-state index contributed by atoms with van der Waals surface area (Å²) < 4.78 is 25.5. The maximum atomic E-state index is 11.6. The molecule has 16 heavy (non-hydrogen) atoms. The lowest BCUT2D eigenvalue weighted by atomic mass is 10.2. The second-order valence-electron chi connectivity index (χ2n) is 3.64. The van der Waals surface area contributed by atoms with Crippen LogP contribution >= 0.6 is 0 Å². The molecule has 0 atom stereocenters. The van der Waals surface area contributed by atoms with Crippen LogP contribution in [0.4, 0.5) is 5.69 Å². The monoisotopic (exact) mass is 242 g/mol. The number of sulfonamides is 1. The zero-order valence-corrected chi connectivity index (χ0v) is 9.91. The van der Waals surface area contributed by atoms with Gasteiger partial charge in [0.25, 0.3) is 0 Å². The van der Waals surface area contributed by atoms with E-state index >= 15 is 0 Å². The Morgan fingerprint density at radius 2 is 2.00 bits per heavy atom. The molecule has 0 fully saturated rings. The standard InChI is InChI=1S/C10H14N2O3S/c1-7(2)16(14,15)12-9-5-3-4-8(6-9)10(11)13/h3-7,12H,1-2H3,(H2,11,13). The third-order valence-electron chi connectivity index (χ3n) is 2.03. The van der Waals surface area contributed by atoms with Gasteiger partial charge in [-0.15, -0.1) is 0 Å². The number of benzene rings is 1. The quantitative estimate of drug-likeness (QED) is 0.823. The number of hydrogen-bond acceptors (Lipinski definition) is 3. The molecule has 6 heteroatoms. The molecule has 5 nitrogen and oxygen atoms in total. The summed E-state index contributed by atoms with van der Waals surface area (Å²) in [5.74, 6) is -0.592. The number of nitrogens with one attached hydrogen (secondary N) is 1. The molecule has 0 aliphatic heterocycles. The highest BCUT2D eigenvalue weighted by Gasteiger charge is 2.15. The zero-order chi connectivity index (χ0) is 12.3. The van der Waals surface area contributed by atoms with E-state index in [9.17, 15) is 13.2 Å². The molecule has 0 aliphatic carbocycles. The number of hydrogen-bond donors (Lipinski definition) is 2. The molecule has 3 N–H and O–H groups in total. The molecule has 0 spiro atoms. The number of carbonyl (C=O) groups excluding carboxylic acids is 1. The van der Waals surface area contributed by atoms with Gasteiger partial charge in [0.15, 0.2) is 0 Å². The molecule has 1 rings (SSSR count). The molecule has 0 aliphatic rings. The van der Waals surface area contributed by atoms with Crippen molar-refractivity contribution in [2.45, 2.75) is 19.1 Å². The normalized spacial score (nSPS) is 11.4. The van der Waals surface area contributed by atoms with Crippen molar-refractivity contribution >= 4 is 21.6 Å². The minimum Gasteiger partial charge on any atom is -0.366 e. The average molecular weight is 242 g/mol. The molecule has 1 aromatic carbocycles. The van der Waals surface area contributed by atoms with Gasteiger partial charge in [-0.2, -0.15) is 0 Å². The lowest BCUT2D eigenvalue weighted by Gasteiger charge is -2.10. The van der Waals surface area contributed by atoms with Crippen LogP contribution in [-0.4, -0.2) is 19.6 Å². The Balaban J connectivity index is 2.99. The van der Waals surface area contributed by atoms with Gasteiger partial charge in [0.1, 0.15) is 0 Å². The third-order valence-corrected chi connectivity index (χ3v) is 3.79. The molecule has 0 heterocycles. The molecule has 0 saturated carbocycles. The van der Waals surface area contributed by atoms with Crippen LogP contribution in [0.25, 0.3) is 0 Å². The Morgan fingerprint density at radius 3 is 2.50 bits per heavy atom.